The van der Waals surface area contributed by atoms with Crippen molar-refractivity contribution in [3.63, 3.8) is 0 Å². The Morgan fingerprint density at radius 1 is 1.24 bits per heavy atom. The molecule has 0 bridgehead atoms. The standard InChI is InChI=1S/C26H32ClFN4O2/c1-25(2,28)15-17-7-9-18(10-8-17)30-21-6-4-5-20(23(21)27)26(3)16-22(33)32(24(29)31-26)19-11-13-34-14-12-19/h4-10,19,30H,11-16H2,1-3H3,(H2,29,31)/t26-/m0/s1. The van der Waals surface area contributed by atoms with E-state index < -0.39 is 11.2 Å². The van der Waals surface area contributed by atoms with Gasteiger partial charge in [0.1, 0.15) is 5.67 Å². The second-order valence-electron chi connectivity index (χ2n) is 9.91. The molecule has 34 heavy (non-hydrogen) atoms. The van der Waals surface area contributed by atoms with Crippen LogP contribution in [0.1, 0.15) is 51.2 Å². The molecule has 8 heteroatoms. The van der Waals surface area contributed by atoms with Crippen molar-refractivity contribution in [2.24, 2.45) is 10.7 Å². The smallest absolute Gasteiger partial charge is 0.232 e. The Balaban J connectivity index is 1.56. The number of rotatable bonds is 6. The van der Waals surface area contributed by atoms with Gasteiger partial charge in [-0.1, -0.05) is 35.9 Å². The van der Waals surface area contributed by atoms with Gasteiger partial charge in [0, 0.05) is 36.9 Å². The van der Waals surface area contributed by atoms with Crippen LogP contribution in [0.5, 0.6) is 0 Å². The first-order valence-corrected chi connectivity index (χ1v) is 12.0. The summed E-state index contributed by atoms with van der Waals surface area (Å²) in [5.74, 6) is 0.175. The van der Waals surface area contributed by atoms with Crippen molar-refractivity contribution in [1.29, 1.82) is 0 Å². The van der Waals surface area contributed by atoms with Crippen molar-refractivity contribution >= 4 is 34.8 Å². The molecular formula is C26H32ClFN4O2. The molecule has 0 radical (unpaired) electrons. The molecule has 0 unspecified atom stereocenters. The zero-order chi connectivity index (χ0) is 24.5. The van der Waals surface area contributed by atoms with E-state index in [1.54, 1.807) is 18.7 Å². The molecule has 0 saturated carbocycles. The molecule has 6 nitrogen and oxygen atoms in total. The normalized spacial score (nSPS) is 22.0. The maximum absolute atomic E-state index is 13.9. The Morgan fingerprint density at radius 3 is 2.53 bits per heavy atom. The second-order valence-corrected chi connectivity index (χ2v) is 10.3. The predicted molar refractivity (Wildman–Crippen MR) is 134 cm³/mol. The molecule has 1 fully saturated rings. The summed E-state index contributed by atoms with van der Waals surface area (Å²) in [4.78, 5) is 19.5. The van der Waals surface area contributed by atoms with Gasteiger partial charge >= 0.3 is 0 Å². The number of amides is 1. The molecule has 2 aliphatic rings. The fourth-order valence-corrected chi connectivity index (χ4v) is 5.11. The summed E-state index contributed by atoms with van der Waals surface area (Å²) in [7, 11) is 0. The number of nitrogens with two attached hydrogens (primary N) is 1. The summed E-state index contributed by atoms with van der Waals surface area (Å²) in [6.07, 6.45) is 2.03. The highest BCUT2D eigenvalue weighted by Gasteiger charge is 2.41. The zero-order valence-corrected chi connectivity index (χ0v) is 20.7. The Bertz CT molecular complexity index is 1080. The van der Waals surface area contributed by atoms with E-state index in [1.807, 2.05) is 49.4 Å². The Morgan fingerprint density at radius 2 is 1.91 bits per heavy atom. The van der Waals surface area contributed by atoms with Gasteiger partial charge in [0.2, 0.25) is 5.91 Å². The number of anilines is 2. The van der Waals surface area contributed by atoms with Crippen LogP contribution in [0.3, 0.4) is 0 Å². The lowest BCUT2D eigenvalue weighted by Crippen LogP contribution is -2.55. The highest BCUT2D eigenvalue weighted by Crippen LogP contribution is 2.41. The zero-order valence-electron chi connectivity index (χ0n) is 19.9. The number of alkyl halides is 1. The number of carbonyl (C=O) groups excluding carboxylic acids is 1. The Kier molecular flexibility index (Phi) is 6.87. The average molecular weight is 487 g/mol. The fraction of sp³-hybridized carbons (Fsp3) is 0.462. The number of aliphatic imine (C=N–C) groups is 1. The van der Waals surface area contributed by atoms with Crippen LogP contribution >= 0.6 is 11.6 Å². The lowest BCUT2D eigenvalue weighted by molar-refractivity contribution is -0.132. The number of nitrogens with zero attached hydrogens (tertiary/aromatic N) is 2. The lowest BCUT2D eigenvalue weighted by Gasteiger charge is -2.40. The minimum absolute atomic E-state index is 0.0176. The van der Waals surface area contributed by atoms with E-state index in [9.17, 15) is 9.18 Å². The number of hydrogen-bond acceptors (Lipinski definition) is 5. The van der Waals surface area contributed by atoms with Crippen molar-refractivity contribution in [2.75, 3.05) is 18.5 Å². The summed E-state index contributed by atoms with van der Waals surface area (Å²) in [5, 5.41) is 3.82. The van der Waals surface area contributed by atoms with Gasteiger partial charge in [-0.05, 0) is 57.4 Å². The van der Waals surface area contributed by atoms with E-state index >= 15 is 0 Å². The molecule has 1 amide bonds. The summed E-state index contributed by atoms with van der Waals surface area (Å²) in [6, 6.07) is 13.3. The first-order chi connectivity index (χ1) is 16.1. The first-order valence-electron chi connectivity index (χ1n) is 11.6. The maximum atomic E-state index is 13.9. The summed E-state index contributed by atoms with van der Waals surface area (Å²) in [6.45, 7) is 6.26. The maximum Gasteiger partial charge on any atom is 0.232 e. The van der Waals surface area contributed by atoms with Crippen LogP contribution < -0.4 is 11.1 Å². The summed E-state index contributed by atoms with van der Waals surface area (Å²) < 4.78 is 19.3. The highest BCUT2D eigenvalue weighted by molar-refractivity contribution is 6.34. The minimum atomic E-state index is -1.26. The third kappa shape index (κ3) is 5.36. The van der Waals surface area contributed by atoms with Crippen molar-refractivity contribution in [1.82, 2.24) is 4.90 Å². The molecule has 182 valence electrons. The van der Waals surface area contributed by atoms with Crippen LogP contribution in [-0.2, 0) is 21.5 Å². The molecule has 3 N–H and O–H groups in total. The molecule has 2 aliphatic heterocycles. The quantitative estimate of drug-likeness (QED) is 0.579. The molecular weight excluding hydrogens is 455 g/mol. The molecule has 2 aromatic carbocycles. The minimum Gasteiger partial charge on any atom is -0.381 e. The molecule has 0 spiro atoms. The number of carbonyl (C=O) groups is 1. The number of ether oxygens (including phenoxy) is 1. The van der Waals surface area contributed by atoms with Crippen LogP contribution in [0.25, 0.3) is 0 Å². The van der Waals surface area contributed by atoms with Crippen LogP contribution in [-0.4, -0.2) is 41.7 Å². The SMILES string of the molecule is CC(C)(F)Cc1ccc(Nc2cccc([C@]3(C)CC(=O)N(C4CCOCC4)C(N)=N3)c2Cl)cc1. The van der Waals surface area contributed by atoms with Crippen LogP contribution in [0.15, 0.2) is 47.5 Å². The number of halogens is 2. The van der Waals surface area contributed by atoms with E-state index in [0.29, 0.717) is 30.3 Å². The topological polar surface area (TPSA) is 80.0 Å². The predicted octanol–water partition coefficient (Wildman–Crippen LogP) is 5.32. The number of benzene rings is 2. The van der Waals surface area contributed by atoms with Gasteiger partial charge in [-0.2, -0.15) is 0 Å². The third-order valence-corrected chi connectivity index (χ3v) is 6.77. The first kappa shape index (κ1) is 24.5. The van der Waals surface area contributed by atoms with Gasteiger partial charge in [-0.15, -0.1) is 0 Å². The molecule has 4 rings (SSSR count). The largest absolute Gasteiger partial charge is 0.381 e. The summed E-state index contributed by atoms with van der Waals surface area (Å²) >= 11 is 6.82. The number of hydrogen-bond donors (Lipinski definition) is 2. The van der Waals surface area contributed by atoms with Gasteiger partial charge < -0.3 is 15.8 Å². The monoisotopic (exact) mass is 486 g/mol. The Labute approximate surface area is 205 Å². The van der Waals surface area contributed by atoms with E-state index in [0.717, 1.165) is 29.7 Å². The van der Waals surface area contributed by atoms with Crippen molar-refractivity contribution in [2.45, 2.75) is 63.7 Å². The lowest BCUT2D eigenvalue weighted by atomic mass is 9.86. The second kappa shape index (κ2) is 9.55. The molecule has 0 aliphatic carbocycles. The Hall–Kier alpha value is -2.64. The highest BCUT2D eigenvalue weighted by atomic mass is 35.5. The number of nitrogens with one attached hydrogen (secondary N) is 1. The molecule has 0 aromatic heterocycles. The van der Waals surface area contributed by atoms with Crippen molar-refractivity contribution in [3.05, 3.63) is 58.6 Å². The van der Waals surface area contributed by atoms with Gasteiger partial charge in [-0.3, -0.25) is 9.69 Å². The van der Waals surface area contributed by atoms with Gasteiger partial charge in [0.05, 0.1) is 22.7 Å². The fourth-order valence-electron chi connectivity index (χ4n) is 4.73. The van der Waals surface area contributed by atoms with Crippen molar-refractivity contribution < 1.29 is 13.9 Å². The third-order valence-electron chi connectivity index (χ3n) is 6.36. The molecule has 2 aromatic rings. The van der Waals surface area contributed by atoms with Gasteiger partial charge in [0.25, 0.3) is 0 Å². The van der Waals surface area contributed by atoms with Crippen LogP contribution in [0.2, 0.25) is 5.02 Å². The molecule has 2 heterocycles. The molecule has 1 saturated heterocycles. The van der Waals surface area contributed by atoms with Crippen LogP contribution in [0.4, 0.5) is 15.8 Å². The average Bonchev–Trinajstić information content (AvgIpc) is 2.75. The van der Waals surface area contributed by atoms with Crippen molar-refractivity contribution in [3.8, 4) is 0 Å². The van der Waals surface area contributed by atoms with E-state index in [2.05, 4.69) is 5.32 Å². The van der Waals surface area contributed by atoms with Crippen LogP contribution in [0, 0.1) is 0 Å². The summed E-state index contributed by atoms with van der Waals surface area (Å²) in [5.41, 5.74) is 7.37. The van der Waals surface area contributed by atoms with E-state index in [-0.39, 0.29) is 24.3 Å². The van der Waals surface area contributed by atoms with Gasteiger partial charge in [0.15, 0.2) is 5.96 Å². The van der Waals surface area contributed by atoms with E-state index in [1.165, 1.54) is 0 Å². The van der Waals surface area contributed by atoms with E-state index in [4.69, 9.17) is 27.1 Å². The molecule has 1 atom stereocenters. The van der Waals surface area contributed by atoms with Gasteiger partial charge in [-0.25, -0.2) is 9.38 Å². The number of guanidine groups is 1.